The molecule has 1 nitrogen and oxygen atoms in total. The van der Waals surface area contributed by atoms with Gasteiger partial charge in [-0.15, -0.1) is 0 Å². The van der Waals surface area contributed by atoms with E-state index < -0.39 is 0 Å². The average Bonchev–Trinajstić information content (AvgIpc) is 3.49. The molecule has 268 valence electrons. The summed E-state index contributed by atoms with van der Waals surface area (Å²) in [7, 11) is 0. The van der Waals surface area contributed by atoms with Gasteiger partial charge in [-0.05, 0) is 24.7 Å². The van der Waals surface area contributed by atoms with Crippen LogP contribution in [-0.2, 0) is 0 Å². The van der Waals surface area contributed by atoms with Gasteiger partial charge >= 0.3 is 0 Å². The van der Waals surface area contributed by atoms with Crippen molar-refractivity contribution in [1.29, 1.82) is 0 Å². The maximum absolute atomic E-state index is 4.14. The summed E-state index contributed by atoms with van der Waals surface area (Å²) in [5.74, 6) is 1.85. The van der Waals surface area contributed by atoms with Crippen LogP contribution in [0.25, 0.3) is 0 Å². The molecule has 45 heavy (non-hydrogen) atoms. The minimum absolute atomic E-state index is 0.631. The van der Waals surface area contributed by atoms with Gasteiger partial charge in [0.25, 0.3) is 0 Å². The van der Waals surface area contributed by atoms with Crippen LogP contribution in [0, 0.1) is 11.8 Å². The van der Waals surface area contributed by atoms with Crippen molar-refractivity contribution in [2.24, 2.45) is 11.8 Å². The second-order valence-corrected chi connectivity index (χ2v) is 15.6. The van der Waals surface area contributed by atoms with Gasteiger partial charge in [0.15, 0.2) is 0 Å². The number of unbranched alkanes of at least 4 members (excludes halogenated alkanes) is 24. The molecule has 0 aromatic heterocycles. The Bertz CT molecular complexity index is 546. The molecule has 1 rings (SSSR count). The van der Waals surface area contributed by atoms with E-state index in [9.17, 15) is 0 Å². The van der Waals surface area contributed by atoms with Crippen molar-refractivity contribution in [3.05, 3.63) is 12.2 Å². The Labute approximate surface area is 286 Å². The Morgan fingerprint density at radius 2 is 0.556 bits per heavy atom. The standard InChI is InChI=1S/C44H87N/c1-5-9-13-17-21-23-27-31-35-41(33-29-25-19-15-11-7-3)39-43-37-38-44(45-43)40-42(34-30-26-20-16-12-8-4)36-32-28-24-22-18-14-10-6-2/h37-38,41-45H,5-36,39-40H2,1-4H3. The summed E-state index contributed by atoms with van der Waals surface area (Å²) in [6, 6.07) is 1.26. The summed E-state index contributed by atoms with van der Waals surface area (Å²) >= 11 is 0. The fourth-order valence-electron chi connectivity index (χ4n) is 7.99. The first-order valence-electron chi connectivity index (χ1n) is 21.7. The molecule has 0 saturated heterocycles. The van der Waals surface area contributed by atoms with Crippen LogP contribution >= 0.6 is 0 Å². The van der Waals surface area contributed by atoms with Crippen molar-refractivity contribution in [2.45, 2.75) is 258 Å². The number of hydrogen-bond acceptors (Lipinski definition) is 1. The minimum atomic E-state index is 0.631. The molecule has 0 spiro atoms. The lowest BCUT2D eigenvalue weighted by atomic mass is 9.88. The molecule has 0 radical (unpaired) electrons. The third-order valence-electron chi connectivity index (χ3n) is 11.0. The van der Waals surface area contributed by atoms with Crippen LogP contribution in [0.15, 0.2) is 12.2 Å². The van der Waals surface area contributed by atoms with Crippen molar-refractivity contribution in [3.8, 4) is 0 Å². The first kappa shape index (κ1) is 42.7. The van der Waals surface area contributed by atoms with E-state index in [2.05, 4.69) is 45.2 Å². The third-order valence-corrected chi connectivity index (χ3v) is 11.0. The fraction of sp³-hybridized carbons (Fsp3) is 0.955. The topological polar surface area (TPSA) is 12.0 Å². The van der Waals surface area contributed by atoms with Crippen molar-refractivity contribution >= 4 is 0 Å². The van der Waals surface area contributed by atoms with Gasteiger partial charge in [0.1, 0.15) is 0 Å². The van der Waals surface area contributed by atoms with Crippen LogP contribution in [0.5, 0.6) is 0 Å². The Morgan fingerprint density at radius 3 is 0.800 bits per heavy atom. The van der Waals surface area contributed by atoms with Crippen molar-refractivity contribution in [1.82, 2.24) is 5.32 Å². The summed E-state index contributed by atoms with van der Waals surface area (Å²) in [5, 5.41) is 4.14. The van der Waals surface area contributed by atoms with E-state index in [4.69, 9.17) is 0 Å². The van der Waals surface area contributed by atoms with E-state index in [1.54, 1.807) is 0 Å². The summed E-state index contributed by atoms with van der Waals surface area (Å²) in [5.41, 5.74) is 0. The molecule has 4 unspecified atom stereocenters. The fourth-order valence-corrected chi connectivity index (χ4v) is 7.99. The van der Waals surface area contributed by atoms with Crippen LogP contribution in [0.4, 0.5) is 0 Å². The lowest BCUT2D eigenvalue weighted by Crippen LogP contribution is -2.33. The molecule has 1 heterocycles. The summed E-state index contributed by atoms with van der Waals surface area (Å²) < 4.78 is 0. The predicted octanol–water partition coefficient (Wildman–Crippen LogP) is 15.5. The molecule has 1 heteroatoms. The van der Waals surface area contributed by atoms with Crippen LogP contribution in [-0.4, -0.2) is 12.1 Å². The number of nitrogens with one attached hydrogen (secondary N) is 1. The lowest BCUT2D eigenvalue weighted by Gasteiger charge is -2.24. The van der Waals surface area contributed by atoms with Gasteiger partial charge in [-0.1, -0.05) is 245 Å². The highest BCUT2D eigenvalue weighted by Crippen LogP contribution is 2.29. The van der Waals surface area contributed by atoms with Crippen molar-refractivity contribution in [3.63, 3.8) is 0 Å². The minimum Gasteiger partial charge on any atom is -0.304 e. The number of rotatable bonds is 36. The van der Waals surface area contributed by atoms with E-state index >= 15 is 0 Å². The van der Waals surface area contributed by atoms with Crippen LogP contribution in [0.2, 0.25) is 0 Å². The molecule has 1 aliphatic heterocycles. The zero-order valence-electron chi connectivity index (χ0n) is 32.0. The largest absolute Gasteiger partial charge is 0.304 e. The van der Waals surface area contributed by atoms with Gasteiger partial charge in [-0.2, -0.15) is 0 Å². The summed E-state index contributed by atoms with van der Waals surface area (Å²) in [6.07, 6.45) is 54.3. The highest BCUT2D eigenvalue weighted by atomic mass is 15.0. The molecule has 4 atom stereocenters. The Hall–Kier alpha value is -0.300. The zero-order chi connectivity index (χ0) is 32.5. The van der Waals surface area contributed by atoms with Gasteiger partial charge in [0.2, 0.25) is 0 Å². The van der Waals surface area contributed by atoms with Gasteiger partial charge in [-0.3, -0.25) is 0 Å². The van der Waals surface area contributed by atoms with Crippen LogP contribution < -0.4 is 5.32 Å². The SMILES string of the molecule is CCCCCCCCCCC(CCCCCCCC)CC1C=CC(CC(CCCCCCCC)CCCCCCCCCC)N1. The van der Waals surface area contributed by atoms with Crippen LogP contribution in [0.1, 0.15) is 246 Å². The van der Waals surface area contributed by atoms with E-state index in [-0.39, 0.29) is 0 Å². The second-order valence-electron chi connectivity index (χ2n) is 15.6. The molecule has 0 aromatic carbocycles. The lowest BCUT2D eigenvalue weighted by molar-refractivity contribution is 0.323. The maximum Gasteiger partial charge on any atom is 0.0258 e. The highest BCUT2D eigenvalue weighted by molar-refractivity contribution is 5.09. The zero-order valence-corrected chi connectivity index (χ0v) is 32.0. The monoisotopic (exact) mass is 630 g/mol. The normalized spacial score (nSPS) is 17.8. The molecule has 1 aliphatic rings. The van der Waals surface area contributed by atoms with Gasteiger partial charge < -0.3 is 5.32 Å². The van der Waals surface area contributed by atoms with E-state index in [1.165, 1.54) is 218 Å². The molecule has 0 aromatic rings. The molecular weight excluding hydrogens is 542 g/mol. The second kappa shape index (κ2) is 33.6. The molecule has 0 amide bonds. The van der Waals surface area contributed by atoms with Gasteiger partial charge in [0, 0.05) is 12.1 Å². The summed E-state index contributed by atoms with van der Waals surface area (Å²) in [4.78, 5) is 0. The smallest absolute Gasteiger partial charge is 0.0258 e. The molecule has 1 N–H and O–H groups in total. The molecule has 0 fully saturated rings. The Balaban J connectivity index is 2.48. The van der Waals surface area contributed by atoms with Crippen molar-refractivity contribution in [2.75, 3.05) is 0 Å². The molecule has 0 bridgehead atoms. The van der Waals surface area contributed by atoms with Crippen molar-refractivity contribution < 1.29 is 0 Å². The van der Waals surface area contributed by atoms with Crippen LogP contribution in [0.3, 0.4) is 0 Å². The molecule has 0 saturated carbocycles. The first-order chi connectivity index (χ1) is 22.2. The van der Waals surface area contributed by atoms with E-state index in [0.29, 0.717) is 12.1 Å². The molecule has 0 aliphatic carbocycles. The predicted molar refractivity (Wildman–Crippen MR) is 207 cm³/mol. The summed E-state index contributed by atoms with van der Waals surface area (Å²) in [6.45, 7) is 9.33. The molecular formula is C44H87N. The highest BCUT2D eigenvalue weighted by Gasteiger charge is 2.23. The van der Waals surface area contributed by atoms with Gasteiger partial charge in [-0.25, -0.2) is 0 Å². The Kier molecular flexibility index (Phi) is 31.9. The quantitative estimate of drug-likeness (QED) is 0.0537. The first-order valence-corrected chi connectivity index (χ1v) is 21.7. The number of hydrogen-bond donors (Lipinski definition) is 1. The van der Waals surface area contributed by atoms with E-state index in [1.807, 2.05) is 0 Å². The Morgan fingerprint density at radius 1 is 0.333 bits per heavy atom. The van der Waals surface area contributed by atoms with Gasteiger partial charge in [0.05, 0.1) is 0 Å². The maximum atomic E-state index is 4.14. The average molecular weight is 630 g/mol. The van der Waals surface area contributed by atoms with E-state index in [0.717, 1.165) is 11.8 Å². The third kappa shape index (κ3) is 27.4.